The molecule has 1 aromatic carbocycles. The molecule has 0 atom stereocenters. The summed E-state index contributed by atoms with van der Waals surface area (Å²) in [5.41, 5.74) is 1.09. The van der Waals surface area contributed by atoms with Gasteiger partial charge in [-0.1, -0.05) is 12.1 Å². The molecule has 17 heavy (non-hydrogen) atoms. The van der Waals surface area contributed by atoms with E-state index in [2.05, 4.69) is 4.90 Å². The van der Waals surface area contributed by atoms with Gasteiger partial charge in [-0.2, -0.15) is 0 Å². The van der Waals surface area contributed by atoms with Gasteiger partial charge < -0.3 is 14.6 Å². The summed E-state index contributed by atoms with van der Waals surface area (Å²) in [6.45, 7) is 3.90. The van der Waals surface area contributed by atoms with Crippen molar-refractivity contribution in [2.75, 3.05) is 40.5 Å². The van der Waals surface area contributed by atoms with Gasteiger partial charge in [0.1, 0.15) is 5.75 Å². The molecule has 0 heterocycles. The lowest BCUT2D eigenvalue weighted by Gasteiger charge is -2.21. The fourth-order valence-corrected chi connectivity index (χ4v) is 1.62. The Morgan fingerprint density at radius 1 is 1.12 bits per heavy atom. The number of phenolic OH excluding ortho intramolecular Hbond substituents is 1. The standard InChI is InChI=1S/C13H21NO3/c1-16-8-6-14(7-9-17-2)11-12-4-3-5-13(15)10-12/h3-5,10,15H,6-9,11H2,1-2H3. The number of hydrogen-bond acceptors (Lipinski definition) is 4. The van der Waals surface area contributed by atoms with Gasteiger partial charge in [-0.05, 0) is 17.7 Å². The first-order valence-electron chi connectivity index (χ1n) is 5.74. The van der Waals surface area contributed by atoms with Crippen LogP contribution in [-0.2, 0) is 16.0 Å². The van der Waals surface area contributed by atoms with Crippen LogP contribution in [0.25, 0.3) is 0 Å². The number of nitrogens with zero attached hydrogens (tertiary/aromatic N) is 1. The number of methoxy groups -OCH3 is 2. The average molecular weight is 239 g/mol. The minimum Gasteiger partial charge on any atom is -0.508 e. The van der Waals surface area contributed by atoms with Gasteiger partial charge >= 0.3 is 0 Å². The molecule has 4 heteroatoms. The summed E-state index contributed by atoms with van der Waals surface area (Å²) in [6, 6.07) is 7.33. The molecule has 0 unspecified atom stereocenters. The van der Waals surface area contributed by atoms with E-state index >= 15 is 0 Å². The van der Waals surface area contributed by atoms with Crippen LogP contribution in [-0.4, -0.2) is 50.5 Å². The molecule has 0 aliphatic carbocycles. The quantitative estimate of drug-likeness (QED) is 0.746. The van der Waals surface area contributed by atoms with Crippen molar-refractivity contribution < 1.29 is 14.6 Å². The van der Waals surface area contributed by atoms with E-state index in [9.17, 15) is 5.11 Å². The molecule has 1 N–H and O–H groups in total. The monoisotopic (exact) mass is 239 g/mol. The van der Waals surface area contributed by atoms with E-state index in [4.69, 9.17) is 9.47 Å². The van der Waals surface area contributed by atoms with Crippen LogP contribution in [0.3, 0.4) is 0 Å². The Bertz CT molecular complexity index is 309. The maximum absolute atomic E-state index is 9.41. The van der Waals surface area contributed by atoms with Crippen LogP contribution in [0.4, 0.5) is 0 Å². The van der Waals surface area contributed by atoms with E-state index in [1.54, 1.807) is 26.4 Å². The number of hydrogen-bond donors (Lipinski definition) is 1. The average Bonchev–Trinajstić information content (AvgIpc) is 2.32. The third-order valence-electron chi connectivity index (χ3n) is 2.54. The zero-order valence-electron chi connectivity index (χ0n) is 10.6. The fraction of sp³-hybridized carbons (Fsp3) is 0.538. The van der Waals surface area contributed by atoms with Gasteiger partial charge in [0.2, 0.25) is 0 Å². The van der Waals surface area contributed by atoms with Crippen LogP contribution in [0.1, 0.15) is 5.56 Å². The topological polar surface area (TPSA) is 41.9 Å². The van der Waals surface area contributed by atoms with Gasteiger partial charge in [-0.15, -0.1) is 0 Å². The Morgan fingerprint density at radius 3 is 2.29 bits per heavy atom. The normalized spacial score (nSPS) is 11.0. The smallest absolute Gasteiger partial charge is 0.115 e. The molecule has 0 saturated heterocycles. The van der Waals surface area contributed by atoms with E-state index in [0.29, 0.717) is 19.0 Å². The Morgan fingerprint density at radius 2 is 1.76 bits per heavy atom. The van der Waals surface area contributed by atoms with Crippen molar-refractivity contribution in [3.05, 3.63) is 29.8 Å². The Kier molecular flexibility index (Phi) is 6.62. The third kappa shape index (κ3) is 5.68. The summed E-state index contributed by atoms with van der Waals surface area (Å²) < 4.78 is 10.2. The zero-order valence-corrected chi connectivity index (χ0v) is 10.6. The summed E-state index contributed by atoms with van der Waals surface area (Å²) in [4.78, 5) is 2.24. The second kappa shape index (κ2) is 8.06. The van der Waals surface area contributed by atoms with Gasteiger partial charge in [0.15, 0.2) is 0 Å². The molecular formula is C13H21NO3. The molecule has 0 aliphatic rings. The Balaban J connectivity index is 2.51. The predicted molar refractivity (Wildman–Crippen MR) is 67.1 cm³/mol. The molecule has 1 aromatic rings. The van der Waals surface area contributed by atoms with Crippen LogP contribution >= 0.6 is 0 Å². The van der Waals surface area contributed by atoms with Gasteiger partial charge in [-0.3, -0.25) is 4.90 Å². The van der Waals surface area contributed by atoms with Crippen molar-refractivity contribution >= 4 is 0 Å². The van der Waals surface area contributed by atoms with Crippen molar-refractivity contribution in [1.29, 1.82) is 0 Å². The highest BCUT2D eigenvalue weighted by atomic mass is 16.5. The number of aromatic hydroxyl groups is 1. The molecule has 1 rings (SSSR count). The van der Waals surface area contributed by atoms with Crippen molar-refractivity contribution in [2.24, 2.45) is 0 Å². The summed E-state index contributed by atoms with van der Waals surface area (Å²) in [5.74, 6) is 0.306. The predicted octanol–water partition coefficient (Wildman–Crippen LogP) is 1.49. The van der Waals surface area contributed by atoms with Gasteiger partial charge in [0.05, 0.1) is 13.2 Å². The van der Waals surface area contributed by atoms with Crippen LogP contribution in [0.5, 0.6) is 5.75 Å². The number of ether oxygens (including phenoxy) is 2. The summed E-state index contributed by atoms with van der Waals surface area (Å²) >= 11 is 0. The summed E-state index contributed by atoms with van der Waals surface area (Å²) in [6.07, 6.45) is 0. The molecule has 0 saturated carbocycles. The van der Waals surface area contributed by atoms with Crippen molar-refractivity contribution in [1.82, 2.24) is 4.90 Å². The molecule has 0 spiro atoms. The van der Waals surface area contributed by atoms with Crippen LogP contribution in [0, 0.1) is 0 Å². The fourth-order valence-electron chi connectivity index (χ4n) is 1.62. The molecule has 0 radical (unpaired) electrons. The maximum Gasteiger partial charge on any atom is 0.115 e. The second-order valence-corrected chi connectivity index (χ2v) is 3.93. The van der Waals surface area contributed by atoms with Gasteiger partial charge in [0.25, 0.3) is 0 Å². The largest absolute Gasteiger partial charge is 0.508 e. The maximum atomic E-state index is 9.41. The molecule has 0 fully saturated rings. The van der Waals surface area contributed by atoms with E-state index in [0.717, 1.165) is 25.2 Å². The highest BCUT2D eigenvalue weighted by Gasteiger charge is 2.06. The minimum atomic E-state index is 0.306. The van der Waals surface area contributed by atoms with E-state index in [1.807, 2.05) is 12.1 Å². The van der Waals surface area contributed by atoms with Crippen LogP contribution in [0.15, 0.2) is 24.3 Å². The molecule has 0 bridgehead atoms. The van der Waals surface area contributed by atoms with Gasteiger partial charge in [-0.25, -0.2) is 0 Å². The van der Waals surface area contributed by atoms with Crippen LogP contribution < -0.4 is 0 Å². The Labute approximate surface area is 103 Å². The van der Waals surface area contributed by atoms with Gasteiger partial charge in [0, 0.05) is 33.9 Å². The van der Waals surface area contributed by atoms with Crippen molar-refractivity contribution in [2.45, 2.75) is 6.54 Å². The minimum absolute atomic E-state index is 0.306. The van der Waals surface area contributed by atoms with Crippen molar-refractivity contribution in [3.8, 4) is 5.75 Å². The molecule has 4 nitrogen and oxygen atoms in total. The highest BCUT2D eigenvalue weighted by molar-refractivity contribution is 5.26. The first kappa shape index (κ1) is 14.0. The lowest BCUT2D eigenvalue weighted by molar-refractivity contribution is 0.110. The van der Waals surface area contributed by atoms with E-state index in [-0.39, 0.29) is 0 Å². The third-order valence-corrected chi connectivity index (χ3v) is 2.54. The molecule has 0 aromatic heterocycles. The molecule has 96 valence electrons. The summed E-state index contributed by atoms with van der Waals surface area (Å²) in [5, 5.41) is 9.41. The zero-order chi connectivity index (χ0) is 12.5. The molecule has 0 amide bonds. The lowest BCUT2D eigenvalue weighted by Crippen LogP contribution is -2.30. The second-order valence-electron chi connectivity index (χ2n) is 3.93. The number of phenols is 1. The highest BCUT2D eigenvalue weighted by Crippen LogP contribution is 2.12. The van der Waals surface area contributed by atoms with Crippen molar-refractivity contribution in [3.63, 3.8) is 0 Å². The number of benzene rings is 1. The lowest BCUT2D eigenvalue weighted by atomic mass is 10.2. The molecular weight excluding hydrogens is 218 g/mol. The SMILES string of the molecule is COCCN(CCOC)Cc1cccc(O)c1. The Hall–Kier alpha value is -1.10. The number of rotatable bonds is 8. The van der Waals surface area contributed by atoms with Crippen LogP contribution in [0.2, 0.25) is 0 Å². The van der Waals surface area contributed by atoms with E-state index in [1.165, 1.54) is 0 Å². The van der Waals surface area contributed by atoms with E-state index < -0.39 is 0 Å². The molecule has 0 aliphatic heterocycles. The first-order chi connectivity index (χ1) is 8.26. The first-order valence-corrected chi connectivity index (χ1v) is 5.74. The summed E-state index contributed by atoms with van der Waals surface area (Å²) in [7, 11) is 3.39.